The molecule has 2 rings (SSSR count). The van der Waals surface area contributed by atoms with Crippen molar-refractivity contribution in [2.75, 3.05) is 11.4 Å². The molecule has 0 aromatic heterocycles. The smallest absolute Gasteiger partial charge is 0.231 e. The zero-order valence-corrected chi connectivity index (χ0v) is 11.2. The molecule has 1 N–H and O–H groups in total. The van der Waals surface area contributed by atoms with Gasteiger partial charge in [-0.1, -0.05) is 24.3 Å². The SMILES string of the molecule is CCN(C(=O)Cc1ccccc1O)c1cccc(F)c1. The number of nitrogens with zero attached hydrogens (tertiary/aromatic N) is 1. The number of likely N-dealkylation sites (N-methyl/N-ethyl adjacent to an activating group) is 1. The van der Waals surface area contributed by atoms with E-state index in [2.05, 4.69) is 0 Å². The molecule has 2 aromatic rings. The van der Waals surface area contributed by atoms with Gasteiger partial charge < -0.3 is 10.0 Å². The van der Waals surface area contributed by atoms with Crippen LogP contribution in [0.1, 0.15) is 12.5 Å². The zero-order chi connectivity index (χ0) is 14.5. The molecule has 0 fully saturated rings. The van der Waals surface area contributed by atoms with Gasteiger partial charge >= 0.3 is 0 Å². The number of hydrogen-bond acceptors (Lipinski definition) is 2. The summed E-state index contributed by atoms with van der Waals surface area (Å²) in [6, 6.07) is 12.6. The lowest BCUT2D eigenvalue weighted by Crippen LogP contribution is -2.32. The van der Waals surface area contributed by atoms with Gasteiger partial charge in [0.05, 0.1) is 6.42 Å². The molecule has 0 atom stereocenters. The summed E-state index contributed by atoms with van der Waals surface area (Å²) < 4.78 is 13.2. The van der Waals surface area contributed by atoms with Crippen LogP contribution in [-0.2, 0) is 11.2 Å². The number of anilines is 1. The number of phenolic OH excluding ortho intramolecular Hbond substituents is 1. The standard InChI is InChI=1S/C16H16FNO2/c1-2-18(14-8-5-7-13(17)11-14)16(20)10-12-6-3-4-9-15(12)19/h3-9,11,19H,2,10H2,1H3. The van der Waals surface area contributed by atoms with Crippen LogP contribution in [-0.4, -0.2) is 17.6 Å². The summed E-state index contributed by atoms with van der Waals surface area (Å²) in [6.45, 7) is 2.27. The first-order chi connectivity index (χ1) is 9.61. The molecule has 4 heteroatoms. The Labute approximate surface area is 117 Å². The summed E-state index contributed by atoms with van der Waals surface area (Å²) in [7, 11) is 0. The van der Waals surface area contributed by atoms with Crippen LogP contribution in [0.2, 0.25) is 0 Å². The lowest BCUT2D eigenvalue weighted by atomic mass is 10.1. The van der Waals surface area contributed by atoms with Gasteiger partial charge in [-0.2, -0.15) is 0 Å². The van der Waals surface area contributed by atoms with Gasteiger partial charge in [0.25, 0.3) is 0 Å². The molecule has 2 aromatic carbocycles. The molecule has 0 aliphatic heterocycles. The van der Waals surface area contributed by atoms with Gasteiger partial charge in [-0.3, -0.25) is 4.79 Å². The largest absolute Gasteiger partial charge is 0.508 e. The molecule has 0 radical (unpaired) electrons. The molecule has 0 spiro atoms. The fraction of sp³-hybridized carbons (Fsp3) is 0.188. The predicted octanol–water partition coefficient (Wildman–Crippen LogP) is 3.13. The van der Waals surface area contributed by atoms with E-state index in [1.54, 1.807) is 36.4 Å². The molecule has 0 unspecified atom stereocenters. The average molecular weight is 273 g/mol. The zero-order valence-electron chi connectivity index (χ0n) is 11.2. The van der Waals surface area contributed by atoms with E-state index in [4.69, 9.17) is 0 Å². The van der Waals surface area contributed by atoms with E-state index in [9.17, 15) is 14.3 Å². The molecular formula is C16H16FNO2. The molecule has 0 aliphatic rings. The third-order valence-electron chi connectivity index (χ3n) is 3.07. The number of aromatic hydroxyl groups is 1. The van der Waals surface area contributed by atoms with E-state index in [0.717, 1.165) is 0 Å². The van der Waals surface area contributed by atoms with E-state index in [-0.39, 0.29) is 23.9 Å². The Bertz CT molecular complexity index is 613. The van der Waals surface area contributed by atoms with Gasteiger partial charge in [0.2, 0.25) is 5.91 Å². The Hall–Kier alpha value is -2.36. The van der Waals surface area contributed by atoms with E-state index in [1.165, 1.54) is 17.0 Å². The molecule has 0 aliphatic carbocycles. The third-order valence-corrected chi connectivity index (χ3v) is 3.07. The van der Waals surface area contributed by atoms with Crippen LogP contribution in [0, 0.1) is 5.82 Å². The molecule has 0 bridgehead atoms. The number of carbonyl (C=O) groups excluding carboxylic acids is 1. The summed E-state index contributed by atoms with van der Waals surface area (Å²) in [5.41, 5.74) is 1.08. The summed E-state index contributed by atoms with van der Waals surface area (Å²) in [5, 5.41) is 9.70. The minimum Gasteiger partial charge on any atom is -0.508 e. The molecule has 0 heterocycles. The Morgan fingerprint density at radius 2 is 1.95 bits per heavy atom. The summed E-state index contributed by atoms with van der Waals surface area (Å²) in [5.74, 6) is -0.466. The van der Waals surface area contributed by atoms with Crippen LogP contribution in [0.25, 0.3) is 0 Å². The number of para-hydroxylation sites is 1. The van der Waals surface area contributed by atoms with Crippen molar-refractivity contribution in [2.45, 2.75) is 13.3 Å². The first-order valence-corrected chi connectivity index (χ1v) is 6.44. The minimum atomic E-state index is -0.378. The van der Waals surface area contributed by atoms with Crippen molar-refractivity contribution >= 4 is 11.6 Å². The second-order valence-electron chi connectivity index (χ2n) is 4.42. The monoisotopic (exact) mass is 273 g/mol. The van der Waals surface area contributed by atoms with E-state index < -0.39 is 0 Å². The molecule has 3 nitrogen and oxygen atoms in total. The van der Waals surface area contributed by atoms with E-state index in [0.29, 0.717) is 17.8 Å². The summed E-state index contributed by atoms with van der Waals surface area (Å²) in [4.78, 5) is 13.8. The maximum absolute atomic E-state index is 13.2. The molecule has 104 valence electrons. The number of carbonyl (C=O) groups is 1. The fourth-order valence-electron chi connectivity index (χ4n) is 2.07. The van der Waals surface area contributed by atoms with Gasteiger partial charge in [-0.25, -0.2) is 4.39 Å². The van der Waals surface area contributed by atoms with Crippen molar-refractivity contribution in [3.63, 3.8) is 0 Å². The molecule has 20 heavy (non-hydrogen) atoms. The number of rotatable bonds is 4. The summed E-state index contributed by atoms with van der Waals surface area (Å²) in [6.07, 6.45) is 0.0804. The highest BCUT2D eigenvalue weighted by Crippen LogP contribution is 2.20. The lowest BCUT2D eigenvalue weighted by molar-refractivity contribution is -0.118. The Morgan fingerprint density at radius 3 is 2.60 bits per heavy atom. The van der Waals surface area contributed by atoms with Crippen LogP contribution in [0.15, 0.2) is 48.5 Å². The Morgan fingerprint density at radius 1 is 1.20 bits per heavy atom. The topological polar surface area (TPSA) is 40.5 Å². The van der Waals surface area contributed by atoms with Gasteiger partial charge in [0.1, 0.15) is 11.6 Å². The van der Waals surface area contributed by atoms with Crippen molar-refractivity contribution in [3.8, 4) is 5.75 Å². The first-order valence-electron chi connectivity index (χ1n) is 6.44. The minimum absolute atomic E-state index is 0.0804. The van der Waals surface area contributed by atoms with E-state index in [1.807, 2.05) is 6.92 Å². The molecule has 1 amide bonds. The van der Waals surface area contributed by atoms with Crippen LogP contribution < -0.4 is 4.90 Å². The molecular weight excluding hydrogens is 257 g/mol. The highest BCUT2D eigenvalue weighted by atomic mass is 19.1. The summed E-state index contributed by atoms with van der Waals surface area (Å²) >= 11 is 0. The second kappa shape index (κ2) is 6.19. The number of benzene rings is 2. The normalized spacial score (nSPS) is 10.3. The number of halogens is 1. The van der Waals surface area contributed by atoms with Crippen LogP contribution >= 0.6 is 0 Å². The highest BCUT2D eigenvalue weighted by Gasteiger charge is 2.16. The molecule has 0 saturated heterocycles. The third kappa shape index (κ3) is 3.15. The molecule has 0 saturated carbocycles. The second-order valence-corrected chi connectivity index (χ2v) is 4.42. The Kier molecular flexibility index (Phi) is 4.35. The number of hydrogen-bond donors (Lipinski definition) is 1. The quantitative estimate of drug-likeness (QED) is 0.929. The van der Waals surface area contributed by atoms with E-state index >= 15 is 0 Å². The fourth-order valence-corrected chi connectivity index (χ4v) is 2.07. The van der Waals surface area contributed by atoms with Crippen LogP contribution in [0.4, 0.5) is 10.1 Å². The van der Waals surface area contributed by atoms with Gasteiger partial charge in [0.15, 0.2) is 0 Å². The van der Waals surface area contributed by atoms with Crippen LogP contribution in [0.5, 0.6) is 5.75 Å². The van der Waals surface area contributed by atoms with Gasteiger partial charge in [-0.15, -0.1) is 0 Å². The first kappa shape index (κ1) is 14.1. The van der Waals surface area contributed by atoms with Crippen molar-refractivity contribution < 1.29 is 14.3 Å². The van der Waals surface area contributed by atoms with Gasteiger partial charge in [0, 0.05) is 17.8 Å². The highest BCUT2D eigenvalue weighted by molar-refractivity contribution is 5.95. The van der Waals surface area contributed by atoms with Crippen molar-refractivity contribution in [1.82, 2.24) is 0 Å². The van der Waals surface area contributed by atoms with Crippen molar-refractivity contribution in [3.05, 3.63) is 59.9 Å². The van der Waals surface area contributed by atoms with Crippen molar-refractivity contribution in [1.29, 1.82) is 0 Å². The predicted molar refractivity (Wildman–Crippen MR) is 76.2 cm³/mol. The van der Waals surface area contributed by atoms with Gasteiger partial charge in [-0.05, 0) is 31.2 Å². The average Bonchev–Trinajstić information content (AvgIpc) is 2.42. The number of amides is 1. The van der Waals surface area contributed by atoms with Crippen LogP contribution in [0.3, 0.4) is 0 Å². The lowest BCUT2D eigenvalue weighted by Gasteiger charge is -2.21. The number of phenols is 1. The maximum Gasteiger partial charge on any atom is 0.231 e. The Balaban J connectivity index is 2.20. The van der Waals surface area contributed by atoms with Crippen molar-refractivity contribution in [2.24, 2.45) is 0 Å². The maximum atomic E-state index is 13.2.